The summed E-state index contributed by atoms with van der Waals surface area (Å²) in [6.45, 7) is 2.45. The zero-order valence-electron chi connectivity index (χ0n) is 13.4. The molecule has 1 aromatic carbocycles. The monoisotopic (exact) mass is 330 g/mol. The molecule has 3 N–H and O–H groups in total. The Labute approximate surface area is 137 Å². The Morgan fingerprint density at radius 3 is 2.88 bits per heavy atom. The van der Waals surface area contributed by atoms with Crippen LogP contribution in [-0.2, 0) is 7.05 Å². The fourth-order valence-electron chi connectivity index (χ4n) is 2.70. The van der Waals surface area contributed by atoms with Crippen molar-refractivity contribution in [2.75, 3.05) is 6.61 Å². The first kappa shape index (κ1) is 15.9. The summed E-state index contributed by atoms with van der Waals surface area (Å²) >= 11 is 0. The number of nitrogens with one attached hydrogen (secondary N) is 2. The number of aromatic amines is 1. The molecule has 0 saturated carbocycles. The molecule has 0 aliphatic carbocycles. The molecule has 24 heavy (non-hydrogen) atoms. The number of H-pyrrole nitrogens is 1. The lowest BCUT2D eigenvalue weighted by Gasteiger charge is -2.15. The van der Waals surface area contributed by atoms with Gasteiger partial charge in [-0.2, -0.15) is 5.10 Å². The van der Waals surface area contributed by atoms with Crippen molar-refractivity contribution in [2.24, 2.45) is 12.1 Å². The van der Waals surface area contributed by atoms with E-state index in [-0.39, 0.29) is 11.6 Å². The number of rotatable bonds is 4. The lowest BCUT2D eigenvalue weighted by molar-refractivity contribution is 0.332. The van der Waals surface area contributed by atoms with Gasteiger partial charge in [-0.05, 0) is 13.0 Å². The highest BCUT2D eigenvalue weighted by atomic mass is 16.5. The normalized spacial score (nSPS) is 16.6. The van der Waals surface area contributed by atoms with Gasteiger partial charge in [0.05, 0.1) is 18.4 Å². The Hall–Kier alpha value is -3.03. The number of benzene rings is 1. The summed E-state index contributed by atoms with van der Waals surface area (Å²) in [7, 11) is 1.38. The van der Waals surface area contributed by atoms with Gasteiger partial charge < -0.3 is 15.3 Å². The van der Waals surface area contributed by atoms with Crippen LogP contribution in [0.4, 0.5) is 0 Å². The number of hydrogen-bond donors (Lipinski definition) is 3. The van der Waals surface area contributed by atoms with Gasteiger partial charge in [0.2, 0.25) is 5.88 Å². The van der Waals surface area contributed by atoms with Crippen molar-refractivity contribution < 1.29 is 9.84 Å². The van der Waals surface area contributed by atoms with E-state index in [2.05, 4.69) is 15.5 Å². The van der Waals surface area contributed by atoms with Crippen LogP contribution in [-0.4, -0.2) is 27.0 Å². The van der Waals surface area contributed by atoms with Crippen LogP contribution in [0, 0.1) is 0 Å². The van der Waals surface area contributed by atoms with E-state index < -0.39 is 17.1 Å². The molecule has 3 rings (SSSR count). The molecule has 126 valence electrons. The Balaban J connectivity index is 1.93. The first-order valence-electron chi connectivity index (χ1n) is 7.59. The SMILES string of the molecule is CCOc1ccccc1[C@H]1CC(c2c(O)n(C)c(=O)[nH]c2=O)=NN1. The van der Waals surface area contributed by atoms with Crippen LogP contribution in [0.15, 0.2) is 39.0 Å². The number of nitrogens with zero attached hydrogens (tertiary/aromatic N) is 2. The van der Waals surface area contributed by atoms with E-state index >= 15 is 0 Å². The summed E-state index contributed by atoms with van der Waals surface area (Å²) in [6, 6.07) is 7.39. The molecule has 0 fully saturated rings. The third-order valence-electron chi connectivity index (χ3n) is 3.93. The van der Waals surface area contributed by atoms with Crippen molar-refractivity contribution in [3.63, 3.8) is 0 Å². The van der Waals surface area contributed by atoms with Crippen LogP contribution >= 0.6 is 0 Å². The van der Waals surface area contributed by atoms with E-state index in [1.165, 1.54) is 7.05 Å². The molecule has 1 atom stereocenters. The van der Waals surface area contributed by atoms with Crippen molar-refractivity contribution in [3.8, 4) is 11.6 Å². The summed E-state index contributed by atoms with van der Waals surface area (Å²) in [5.41, 5.74) is 2.94. The maximum atomic E-state index is 12.1. The molecule has 0 saturated heterocycles. The van der Waals surface area contributed by atoms with Gasteiger partial charge in [0.1, 0.15) is 11.3 Å². The molecule has 2 heterocycles. The van der Waals surface area contributed by atoms with Crippen molar-refractivity contribution in [2.45, 2.75) is 19.4 Å². The molecular formula is C16H18N4O4. The van der Waals surface area contributed by atoms with Gasteiger partial charge in [0.15, 0.2) is 0 Å². The molecule has 1 aliphatic heterocycles. The Morgan fingerprint density at radius 1 is 1.38 bits per heavy atom. The predicted molar refractivity (Wildman–Crippen MR) is 88.6 cm³/mol. The number of aromatic hydroxyl groups is 1. The van der Waals surface area contributed by atoms with E-state index in [9.17, 15) is 14.7 Å². The Morgan fingerprint density at radius 2 is 2.12 bits per heavy atom. The van der Waals surface area contributed by atoms with Crippen LogP contribution in [0.5, 0.6) is 11.6 Å². The number of hydrazone groups is 1. The minimum absolute atomic E-state index is 0.000918. The average molecular weight is 330 g/mol. The molecule has 0 amide bonds. The minimum atomic E-state index is -0.675. The summed E-state index contributed by atoms with van der Waals surface area (Å²) in [5.74, 6) is 0.343. The second-order valence-corrected chi connectivity index (χ2v) is 5.43. The highest BCUT2D eigenvalue weighted by molar-refractivity contribution is 6.03. The topological polar surface area (TPSA) is 109 Å². The van der Waals surface area contributed by atoms with Crippen molar-refractivity contribution >= 4 is 5.71 Å². The van der Waals surface area contributed by atoms with Crippen LogP contribution < -0.4 is 21.4 Å². The first-order chi connectivity index (χ1) is 11.5. The quantitative estimate of drug-likeness (QED) is 0.761. The lowest BCUT2D eigenvalue weighted by Crippen LogP contribution is -2.32. The maximum absolute atomic E-state index is 12.1. The highest BCUT2D eigenvalue weighted by Gasteiger charge is 2.28. The number of ether oxygens (including phenoxy) is 1. The lowest BCUT2D eigenvalue weighted by atomic mass is 9.99. The van der Waals surface area contributed by atoms with Crippen molar-refractivity contribution in [1.82, 2.24) is 15.0 Å². The molecule has 0 unspecified atom stereocenters. The number of hydrogen-bond acceptors (Lipinski definition) is 6. The Kier molecular flexibility index (Phi) is 4.11. The third kappa shape index (κ3) is 2.66. The number of aromatic nitrogens is 2. The predicted octanol–water partition coefficient (Wildman–Crippen LogP) is 0.617. The molecule has 2 aromatic rings. The summed E-state index contributed by atoms with van der Waals surface area (Å²) in [6.07, 6.45) is 0.388. The first-order valence-corrected chi connectivity index (χ1v) is 7.59. The summed E-state index contributed by atoms with van der Waals surface area (Å²) in [5, 5.41) is 14.3. The molecule has 8 heteroatoms. The van der Waals surface area contributed by atoms with Gasteiger partial charge in [-0.1, -0.05) is 18.2 Å². The number of para-hydroxylation sites is 1. The molecule has 1 aliphatic rings. The van der Waals surface area contributed by atoms with Crippen LogP contribution in [0.1, 0.15) is 30.5 Å². The standard InChI is InChI=1S/C16H18N4O4/c1-3-24-12-7-5-4-6-9(12)10-8-11(19-18-10)13-14(21)17-16(23)20(2)15(13)22/h4-7,10,18,22H,3,8H2,1-2H3,(H,17,21,23)/t10-/m1/s1. The van der Waals surface area contributed by atoms with Crippen LogP contribution in [0.25, 0.3) is 0 Å². The molecule has 0 spiro atoms. The smallest absolute Gasteiger partial charge is 0.330 e. The molecular weight excluding hydrogens is 312 g/mol. The van der Waals surface area contributed by atoms with Crippen LogP contribution in [0.2, 0.25) is 0 Å². The fraction of sp³-hybridized carbons (Fsp3) is 0.312. The average Bonchev–Trinajstić information content (AvgIpc) is 3.03. The van der Waals surface area contributed by atoms with Crippen LogP contribution in [0.3, 0.4) is 0 Å². The summed E-state index contributed by atoms with van der Waals surface area (Å²) < 4.78 is 6.59. The van der Waals surface area contributed by atoms with Gasteiger partial charge >= 0.3 is 5.69 Å². The summed E-state index contributed by atoms with van der Waals surface area (Å²) in [4.78, 5) is 25.7. The molecule has 8 nitrogen and oxygen atoms in total. The molecule has 0 bridgehead atoms. The molecule has 0 radical (unpaired) electrons. The van der Waals surface area contributed by atoms with E-state index in [0.717, 1.165) is 15.9 Å². The van der Waals surface area contributed by atoms with Crippen molar-refractivity contribution in [1.29, 1.82) is 0 Å². The minimum Gasteiger partial charge on any atom is -0.494 e. The zero-order valence-corrected chi connectivity index (χ0v) is 13.4. The van der Waals surface area contributed by atoms with Crippen molar-refractivity contribution in [3.05, 3.63) is 56.2 Å². The largest absolute Gasteiger partial charge is 0.494 e. The van der Waals surface area contributed by atoms with Gasteiger partial charge in [-0.15, -0.1) is 0 Å². The van der Waals surface area contributed by atoms with E-state index in [0.29, 0.717) is 18.7 Å². The highest BCUT2D eigenvalue weighted by Crippen LogP contribution is 2.31. The zero-order chi connectivity index (χ0) is 17.3. The van der Waals surface area contributed by atoms with Gasteiger partial charge in [0, 0.05) is 19.0 Å². The second-order valence-electron chi connectivity index (χ2n) is 5.43. The maximum Gasteiger partial charge on any atom is 0.330 e. The van der Waals surface area contributed by atoms with E-state index in [1.807, 2.05) is 31.2 Å². The van der Waals surface area contributed by atoms with E-state index in [1.54, 1.807) is 0 Å². The van der Waals surface area contributed by atoms with Gasteiger partial charge in [-0.3, -0.25) is 14.3 Å². The molecule has 1 aromatic heterocycles. The van der Waals surface area contributed by atoms with Gasteiger partial charge in [-0.25, -0.2) is 4.79 Å². The van der Waals surface area contributed by atoms with E-state index in [4.69, 9.17) is 4.74 Å². The van der Waals surface area contributed by atoms with Gasteiger partial charge in [0.25, 0.3) is 5.56 Å². The third-order valence-corrected chi connectivity index (χ3v) is 3.93. The fourth-order valence-corrected chi connectivity index (χ4v) is 2.70. The Bertz CT molecular complexity index is 913. The second kappa shape index (κ2) is 6.23.